The number of hydrogen-bond donors (Lipinski definition) is 0. The van der Waals surface area contributed by atoms with Gasteiger partial charge in [-0.05, 0) is 44.9 Å². The molecule has 0 unspecified atom stereocenters. The van der Waals surface area contributed by atoms with Crippen molar-refractivity contribution in [2.75, 3.05) is 0 Å². The van der Waals surface area contributed by atoms with E-state index in [1.807, 2.05) is 64.1 Å². The molecule has 2 aromatic carbocycles. The van der Waals surface area contributed by atoms with Crippen LogP contribution in [0.25, 0.3) is 10.9 Å². The van der Waals surface area contributed by atoms with Crippen LogP contribution in [0.15, 0.2) is 54.6 Å². The lowest BCUT2D eigenvalue weighted by molar-refractivity contribution is 0.0540. The van der Waals surface area contributed by atoms with Crippen LogP contribution in [0.5, 0.6) is 0 Å². The Bertz CT molecular complexity index is 870. The Labute approximate surface area is 142 Å². The van der Waals surface area contributed by atoms with Gasteiger partial charge in [-0.2, -0.15) is 0 Å². The molecule has 0 aliphatic heterocycles. The highest BCUT2D eigenvalue weighted by molar-refractivity contribution is 5.93. The highest BCUT2D eigenvalue weighted by Crippen LogP contribution is 2.26. The lowest BCUT2D eigenvalue weighted by atomic mass is 10.1. The van der Waals surface area contributed by atoms with E-state index in [0.717, 1.165) is 22.2 Å². The standard InChI is InChI=1S/C21H23NO2/c1-15-9-8-12-17-14-18(13-16-10-6-5-7-11-16)22(19(15)17)20(23)24-21(2,3)4/h5-12,14H,13H2,1-4H3. The van der Waals surface area contributed by atoms with Gasteiger partial charge >= 0.3 is 6.09 Å². The number of rotatable bonds is 2. The maximum absolute atomic E-state index is 12.8. The molecule has 0 amide bonds. The van der Waals surface area contributed by atoms with Gasteiger partial charge in [0.2, 0.25) is 0 Å². The lowest BCUT2D eigenvalue weighted by Crippen LogP contribution is -2.28. The number of nitrogens with zero attached hydrogens (tertiary/aromatic N) is 1. The van der Waals surface area contributed by atoms with Crippen LogP contribution in [0.3, 0.4) is 0 Å². The average Bonchev–Trinajstić information content (AvgIpc) is 2.86. The number of ether oxygens (including phenoxy) is 1. The minimum atomic E-state index is -0.527. The summed E-state index contributed by atoms with van der Waals surface area (Å²) in [5.41, 5.74) is 3.58. The second kappa shape index (κ2) is 6.16. The zero-order valence-electron chi connectivity index (χ0n) is 14.7. The summed E-state index contributed by atoms with van der Waals surface area (Å²) in [5.74, 6) is 0. The van der Waals surface area contributed by atoms with Crippen LogP contribution in [0.4, 0.5) is 4.79 Å². The topological polar surface area (TPSA) is 31.2 Å². The SMILES string of the molecule is Cc1cccc2cc(Cc3ccccc3)n(C(=O)OC(C)(C)C)c12. The van der Waals surface area contributed by atoms with Crippen LogP contribution in [-0.2, 0) is 11.2 Å². The van der Waals surface area contributed by atoms with Gasteiger partial charge in [0, 0.05) is 17.5 Å². The van der Waals surface area contributed by atoms with Crippen LogP contribution < -0.4 is 0 Å². The molecule has 0 saturated carbocycles. The second-order valence-corrected chi connectivity index (χ2v) is 7.13. The van der Waals surface area contributed by atoms with Crippen molar-refractivity contribution in [3.63, 3.8) is 0 Å². The molecule has 0 saturated heterocycles. The fraction of sp³-hybridized carbons (Fsp3) is 0.286. The van der Waals surface area contributed by atoms with Crippen molar-refractivity contribution >= 4 is 17.0 Å². The molecule has 1 aromatic heterocycles. The highest BCUT2D eigenvalue weighted by atomic mass is 16.6. The van der Waals surface area contributed by atoms with Crippen LogP contribution >= 0.6 is 0 Å². The molecule has 1 heterocycles. The van der Waals surface area contributed by atoms with Crippen LogP contribution in [0.1, 0.15) is 37.6 Å². The summed E-state index contributed by atoms with van der Waals surface area (Å²) in [7, 11) is 0. The molecule has 0 fully saturated rings. The summed E-state index contributed by atoms with van der Waals surface area (Å²) in [5, 5.41) is 1.06. The van der Waals surface area contributed by atoms with Crippen molar-refractivity contribution in [3.8, 4) is 0 Å². The lowest BCUT2D eigenvalue weighted by Gasteiger charge is -2.21. The number of para-hydroxylation sites is 1. The summed E-state index contributed by atoms with van der Waals surface area (Å²) < 4.78 is 7.37. The molecule has 3 nitrogen and oxygen atoms in total. The van der Waals surface area contributed by atoms with Crippen molar-refractivity contribution in [3.05, 3.63) is 71.4 Å². The fourth-order valence-corrected chi connectivity index (χ4v) is 2.94. The Morgan fingerprint density at radius 1 is 1.04 bits per heavy atom. The van der Waals surface area contributed by atoms with Gasteiger partial charge in [0.1, 0.15) is 5.60 Å². The van der Waals surface area contributed by atoms with E-state index in [4.69, 9.17) is 4.74 Å². The Kier molecular flexibility index (Phi) is 4.18. The van der Waals surface area contributed by atoms with E-state index in [1.165, 1.54) is 5.56 Å². The van der Waals surface area contributed by atoms with Crippen molar-refractivity contribution < 1.29 is 9.53 Å². The molecule has 0 radical (unpaired) electrons. The van der Waals surface area contributed by atoms with Crippen LogP contribution in [-0.4, -0.2) is 16.3 Å². The highest BCUT2D eigenvalue weighted by Gasteiger charge is 2.22. The van der Waals surface area contributed by atoms with E-state index in [0.29, 0.717) is 6.42 Å². The van der Waals surface area contributed by atoms with Crippen molar-refractivity contribution in [1.82, 2.24) is 4.57 Å². The Balaban J connectivity index is 2.12. The minimum Gasteiger partial charge on any atom is -0.443 e. The molecule has 0 N–H and O–H groups in total. The molecule has 3 aromatic rings. The molecule has 3 heteroatoms. The Hall–Kier alpha value is -2.55. The Morgan fingerprint density at radius 2 is 1.75 bits per heavy atom. The molecule has 0 bridgehead atoms. The van der Waals surface area contributed by atoms with Gasteiger partial charge in [-0.15, -0.1) is 0 Å². The molecule has 24 heavy (non-hydrogen) atoms. The second-order valence-electron chi connectivity index (χ2n) is 7.13. The molecular formula is C21H23NO2. The van der Waals surface area contributed by atoms with Gasteiger partial charge in [0.15, 0.2) is 0 Å². The first-order valence-corrected chi connectivity index (χ1v) is 8.22. The maximum Gasteiger partial charge on any atom is 0.419 e. The third-order valence-electron chi connectivity index (χ3n) is 3.91. The molecule has 0 spiro atoms. The van der Waals surface area contributed by atoms with E-state index in [1.54, 1.807) is 4.57 Å². The molecule has 0 aliphatic carbocycles. The number of aryl methyl sites for hydroxylation is 1. The summed E-state index contributed by atoms with van der Waals surface area (Å²) in [4.78, 5) is 12.8. The van der Waals surface area contributed by atoms with E-state index in [9.17, 15) is 4.79 Å². The largest absolute Gasteiger partial charge is 0.443 e. The van der Waals surface area contributed by atoms with Gasteiger partial charge < -0.3 is 4.74 Å². The zero-order chi connectivity index (χ0) is 17.3. The summed E-state index contributed by atoms with van der Waals surface area (Å²) >= 11 is 0. The van der Waals surface area contributed by atoms with E-state index in [2.05, 4.69) is 18.2 Å². The number of fused-ring (bicyclic) bond motifs is 1. The van der Waals surface area contributed by atoms with Gasteiger partial charge in [0.25, 0.3) is 0 Å². The maximum atomic E-state index is 12.8. The minimum absolute atomic E-state index is 0.322. The summed E-state index contributed by atoms with van der Waals surface area (Å²) in [6.07, 6.45) is 0.367. The van der Waals surface area contributed by atoms with Crippen LogP contribution in [0, 0.1) is 6.92 Å². The quantitative estimate of drug-likeness (QED) is 0.639. The van der Waals surface area contributed by atoms with Crippen molar-refractivity contribution in [2.45, 2.75) is 39.7 Å². The smallest absolute Gasteiger partial charge is 0.419 e. The van der Waals surface area contributed by atoms with Crippen molar-refractivity contribution in [1.29, 1.82) is 0 Å². The molecule has 124 valence electrons. The van der Waals surface area contributed by atoms with Crippen molar-refractivity contribution in [2.24, 2.45) is 0 Å². The number of aromatic nitrogens is 1. The first-order valence-electron chi connectivity index (χ1n) is 8.22. The number of benzene rings is 2. The molecule has 0 atom stereocenters. The van der Waals surface area contributed by atoms with Gasteiger partial charge in [-0.3, -0.25) is 0 Å². The zero-order valence-corrected chi connectivity index (χ0v) is 14.7. The van der Waals surface area contributed by atoms with Gasteiger partial charge in [-0.1, -0.05) is 48.5 Å². The number of carbonyl (C=O) groups is 1. The molecular weight excluding hydrogens is 298 g/mol. The van der Waals surface area contributed by atoms with Crippen LogP contribution in [0.2, 0.25) is 0 Å². The summed E-state index contributed by atoms with van der Waals surface area (Å²) in [6.45, 7) is 7.69. The third kappa shape index (κ3) is 3.35. The fourth-order valence-electron chi connectivity index (χ4n) is 2.94. The van der Waals surface area contributed by atoms with Gasteiger partial charge in [0.05, 0.1) is 5.52 Å². The first-order chi connectivity index (χ1) is 11.3. The first kappa shape index (κ1) is 16.3. The van der Waals surface area contributed by atoms with E-state index in [-0.39, 0.29) is 6.09 Å². The number of carbonyl (C=O) groups excluding carboxylic acids is 1. The predicted molar refractivity (Wildman–Crippen MR) is 97.6 cm³/mol. The van der Waals surface area contributed by atoms with Gasteiger partial charge in [-0.25, -0.2) is 9.36 Å². The summed E-state index contributed by atoms with van der Waals surface area (Å²) in [6, 6.07) is 18.3. The third-order valence-corrected chi connectivity index (χ3v) is 3.91. The van der Waals surface area contributed by atoms with E-state index < -0.39 is 5.60 Å². The molecule has 3 rings (SSSR count). The Morgan fingerprint density at radius 3 is 2.42 bits per heavy atom. The number of hydrogen-bond acceptors (Lipinski definition) is 2. The monoisotopic (exact) mass is 321 g/mol. The normalized spacial score (nSPS) is 11.7. The predicted octanol–water partition coefficient (Wildman–Crippen LogP) is 5.32. The molecule has 0 aliphatic rings. The average molecular weight is 321 g/mol. The van der Waals surface area contributed by atoms with E-state index >= 15 is 0 Å².